The van der Waals surface area contributed by atoms with Gasteiger partial charge in [-0.2, -0.15) is 0 Å². The molecule has 0 aromatic heterocycles. The first-order valence-electron chi connectivity index (χ1n) is 7.70. The summed E-state index contributed by atoms with van der Waals surface area (Å²) in [5.41, 5.74) is 0.317. The Hall–Kier alpha value is -1.75. The van der Waals surface area contributed by atoms with Gasteiger partial charge in [0.1, 0.15) is 5.41 Å². The standard InChI is InChI=1S/C18H15Cl3N2O2/c19-12-3-1-11(2-4-12)10-22-16(24)18(7-8-18)17(25)23-15-6-5-13(20)9-14(15)21/h1-6,9H,7-8,10H2,(H,22,24)(H,23,25). The van der Waals surface area contributed by atoms with Gasteiger partial charge in [-0.15, -0.1) is 0 Å². The van der Waals surface area contributed by atoms with E-state index in [1.165, 1.54) is 0 Å². The van der Waals surface area contributed by atoms with Crippen molar-refractivity contribution in [3.63, 3.8) is 0 Å². The van der Waals surface area contributed by atoms with Crippen LogP contribution in [-0.4, -0.2) is 11.8 Å². The molecule has 0 bridgehead atoms. The Morgan fingerprint density at radius 2 is 1.56 bits per heavy atom. The summed E-state index contributed by atoms with van der Waals surface area (Å²) in [7, 11) is 0. The summed E-state index contributed by atoms with van der Waals surface area (Å²) in [5.74, 6) is -0.643. The van der Waals surface area contributed by atoms with E-state index in [9.17, 15) is 9.59 Å². The van der Waals surface area contributed by atoms with Gasteiger partial charge in [-0.1, -0.05) is 46.9 Å². The zero-order valence-electron chi connectivity index (χ0n) is 13.1. The molecule has 1 aliphatic carbocycles. The van der Waals surface area contributed by atoms with Gasteiger partial charge in [0.05, 0.1) is 10.7 Å². The van der Waals surface area contributed by atoms with E-state index >= 15 is 0 Å². The molecule has 1 aliphatic rings. The van der Waals surface area contributed by atoms with Gasteiger partial charge < -0.3 is 10.6 Å². The van der Waals surface area contributed by atoms with Crippen LogP contribution in [0.4, 0.5) is 5.69 Å². The molecule has 130 valence electrons. The number of benzene rings is 2. The van der Waals surface area contributed by atoms with Gasteiger partial charge in [0.15, 0.2) is 0 Å². The first kappa shape index (κ1) is 18.1. The number of hydrogen-bond donors (Lipinski definition) is 2. The van der Waals surface area contributed by atoms with Crippen molar-refractivity contribution in [2.45, 2.75) is 19.4 Å². The van der Waals surface area contributed by atoms with Crippen LogP contribution in [0, 0.1) is 5.41 Å². The molecule has 7 heteroatoms. The Balaban J connectivity index is 1.63. The average Bonchev–Trinajstić information content (AvgIpc) is 3.38. The molecule has 2 aromatic carbocycles. The predicted octanol–water partition coefficient (Wildman–Crippen LogP) is 4.68. The van der Waals surface area contributed by atoms with Gasteiger partial charge in [0.2, 0.25) is 11.8 Å². The maximum atomic E-state index is 12.6. The first-order chi connectivity index (χ1) is 11.9. The molecule has 1 fully saturated rings. The first-order valence-corrected chi connectivity index (χ1v) is 8.83. The lowest BCUT2D eigenvalue weighted by Crippen LogP contribution is -2.39. The van der Waals surface area contributed by atoms with Crippen molar-refractivity contribution in [3.05, 3.63) is 63.1 Å². The highest BCUT2D eigenvalue weighted by atomic mass is 35.5. The minimum Gasteiger partial charge on any atom is -0.351 e. The van der Waals surface area contributed by atoms with Crippen LogP contribution in [0.2, 0.25) is 15.1 Å². The smallest absolute Gasteiger partial charge is 0.240 e. The molecule has 0 spiro atoms. The highest BCUT2D eigenvalue weighted by Crippen LogP contribution is 2.47. The third-order valence-corrected chi connectivity index (χ3v) is 4.96. The zero-order chi connectivity index (χ0) is 18.0. The SMILES string of the molecule is O=C(NCc1ccc(Cl)cc1)C1(C(=O)Nc2ccc(Cl)cc2Cl)CC1. The Labute approximate surface area is 160 Å². The summed E-state index contributed by atoms with van der Waals surface area (Å²) in [6.45, 7) is 0.340. The molecule has 3 rings (SSSR count). The predicted molar refractivity (Wildman–Crippen MR) is 100 cm³/mol. The van der Waals surface area contributed by atoms with Gasteiger partial charge in [-0.05, 0) is 48.7 Å². The van der Waals surface area contributed by atoms with Crippen LogP contribution in [0.5, 0.6) is 0 Å². The van der Waals surface area contributed by atoms with Gasteiger partial charge >= 0.3 is 0 Å². The van der Waals surface area contributed by atoms with Crippen molar-refractivity contribution < 1.29 is 9.59 Å². The largest absolute Gasteiger partial charge is 0.351 e. The van der Waals surface area contributed by atoms with Crippen molar-refractivity contribution in [3.8, 4) is 0 Å². The van der Waals surface area contributed by atoms with Crippen molar-refractivity contribution in [1.29, 1.82) is 0 Å². The highest BCUT2D eigenvalue weighted by Gasteiger charge is 2.56. The fourth-order valence-corrected chi connectivity index (χ4v) is 3.05. The van der Waals surface area contributed by atoms with E-state index in [0.29, 0.717) is 40.1 Å². The summed E-state index contributed by atoms with van der Waals surface area (Å²) in [5, 5.41) is 6.97. The minimum absolute atomic E-state index is 0.287. The molecule has 1 saturated carbocycles. The molecule has 0 saturated heterocycles. The van der Waals surface area contributed by atoms with E-state index in [0.717, 1.165) is 5.56 Å². The van der Waals surface area contributed by atoms with Crippen molar-refractivity contribution in [1.82, 2.24) is 5.32 Å². The number of hydrogen-bond acceptors (Lipinski definition) is 2. The molecule has 0 atom stereocenters. The van der Waals surface area contributed by atoms with Gasteiger partial charge in [0, 0.05) is 16.6 Å². The average molecular weight is 398 g/mol. The van der Waals surface area contributed by atoms with E-state index in [4.69, 9.17) is 34.8 Å². The summed E-state index contributed by atoms with van der Waals surface area (Å²) in [4.78, 5) is 25.0. The Morgan fingerprint density at radius 1 is 0.920 bits per heavy atom. The monoisotopic (exact) mass is 396 g/mol. The van der Waals surface area contributed by atoms with Gasteiger partial charge in [-0.3, -0.25) is 9.59 Å². The lowest BCUT2D eigenvalue weighted by Gasteiger charge is -2.16. The fraction of sp³-hybridized carbons (Fsp3) is 0.222. The minimum atomic E-state index is -1.03. The van der Waals surface area contributed by atoms with E-state index in [1.807, 2.05) is 12.1 Å². The van der Waals surface area contributed by atoms with Crippen molar-refractivity contribution in [2.24, 2.45) is 5.41 Å². The second-order valence-electron chi connectivity index (χ2n) is 5.97. The second kappa shape index (κ2) is 7.24. The molecule has 0 aliphatic heterocycles. The van der Waals surface area contributed by atoms with Crippen LogP contribution in [0.3, 0.4) is 0 Å². The number of carbonyl (C=O) groups is 2. The zero-order valence-corrected chi connectivity index (χ0v) is 15.4. The highest BCUT2D eigenvalue weighted by molar-refractivity contribution is 6.36. The van der Waals surface area contributed by atoms with Crippen LogP contribution >= 0.6 is 34.8 Å². The maximum Gasteiger partial charge on any atom is 0.240 e. The normalized spacial score (nSPS) is 14.7. The lowest BCUT2D eigenvalue weighted by molar-refractivity contribution is -0.134. The topological polar surface area (TPSA) is 58.2 Å². The van der Waals surface area contributed by atoms with Crippen molar-refractivity contribution in [2.75, 3.05) is 5.32 Å². The molecule has 0 radical (unpaired) electrons. The summed E-state index contributed by atoms with van der Waals surface area (Å²) in [6, 6.07) is 12.0. The third kappa shape index (κ3) is 4.09. The Morgan fingerprint density at radius 3 is 2.16 bits per heavy atom. The molecule has 2 amide bonds. The molecular formula is C18H15Cl3N2O2. The molecule has 2 N–H and O–H groups in total. The summed E-state index contributed by atoms with van der Waals surface area (Å²) >= 11 is 17.8. The summed E-state index contributed by atoms with van der Waals surface area (Å²) in [6.07, 6.45) is 1.02. The number of amides is 2. The van der Waals surface area contributed by atoms with Crippen LogP contribution < -0.4 is 10.6 Å². The Kier molecular flexibility index (Phi) is 5.23. The molecule has 25 heavy (non-hydrogen) atoms. The van der Waals surface area contributed by atoms with Crippen LogP contribution in [0.25, 0.3) is 0 Å². The van der Waals surface area contributed by atoms with E-state index in [1.54, 1.807) is 30.3 Å². The molecule has 4 nitrogen and oxygen atoms in total. The van der Waals surface area contributed by atoms with Crippen LogP contribution in [0.15, 0.2) is 42.5 Å². The number of nitrogens with one attached hydrogen (secondary N) is 2. The van der Waals surface area contributed by atoms with E-state index in [2.05, 4.69) is 10.6 Å². The van der Waals surface area contributed by atoms with Crippen molar-refractivity contribution >= 4 is 52.3 Å². The molecular weight excluding hydrogens is 383 g/mol. The van der Waals surface area contributed by atoms with E-state index in [-0.39, 0.29) is 11.8 Å². The number of carbonyl (C=O) groups excluding carboxylic acids is 2. The van der Waals surface area contributed by atoms with E-state index < -0.39 is 5.41 Å². The third-order valence-electron chi connectivity index (χ3n) is 4.16. The second-order valence-corrected chi connectivity index (χ2v) is 7.25. The molecule has 0 unspecified atom stereocenters. The fourth-order valence-electron chi connectivity index (χ4n) is 2.47. The molecule has 2 aromatic rings. The number of anilines is 1. The quantitative estimate of drug-likeness (QED) is 0.720. The number of rotatable bonds is 5. The van der Waals surface area contributed by atoms with Gasteiger partial charge in [-0.25, -0.2) is 0 Å². The number of halogens is 3. The van der Waals surface area contributed by atoms with Crippen LogP contribution in [-0.2, 0) is 16.1 Å². The molecule has 0 heterocycles. The van der Waals surface area contributed by atoms with Gasteiger partial charge in [0.25, 0.3) is 0 Å². The summed E-state index contributed by atoms with van der Waals surface area (Å²) < 4.78 is 0. The lowest BCUT2D eigenvalue weighted by atomic mass is 10.0. The Bertz CT molecular complexity index is 818. The van der Waals surface area contributed by atoms with Crippen LogP contribution in [0.1, 0.15) is 18.4 Å². The maximum absolute atomic E-state index is 12.6.